The molecule has 2 nitrogen and oxygen atoms in total. The van der Waals surface area contributed by atoms with Crippen molar-refractivity contribution in [3.8, 4) is 0 Å². The molecular formula is C12H15ClN2S2. The summed E-state index contributed by atoms with van der Waals surface area (Å²) in [6, 6.07) is 8.23. The van der Waals surface area contributed by atoms with Crippen LogP contribution in [0.4, 0.5) is 0 Å². The number of likely N-dealkylation sites (N-methyl/N-ethyl adjacent to an activating group) is 1. The van der Waals surface area contributed by atoms with Crippen molar-refractivity contribution in [3.63, 3.8) is 0 Å². The van der Waals surface area contributed by atoms with Gasteiger partial charge in [-0.1, -0.05) is 17.7 Å². The minimum absolute atomic E-state index is 0.0930. The van der Waals surface area contributed by atoms with Gasteiger partial charge in [-0.3, -0.25) is 4.90 Å². The highest BCUT2D eigenvalue weighted by atomic mass is 35.5. The second kappa shape index (κ2) is 5.98. The summed E-state index contributed by atoms with van der Waals surface area (Å²) in [5.74, 6) is 0. The lowest BCUT2D eigenvalue weighted by Gasteiger charge is -2.19. The van der Waals surface area contributed by atoms with Gasteiger partial charge in [-0.05, 0) is 30.6 Å². The fourth-order valence-corrected chi connectivity index (χ4v) is 3.58. The quantitative estimate of drug-likeness (QED) is 0.910. The molecular weight excluding hydrogens is 272 g/mol. The molecule has 0 aliphatic heterocycles. The lowest BCUT2D eigenvalue weighted by Crippen LogP contribution is -2.27. The molecule has 1 atom stereocenters. The number of halogens is 1. The van der Waals surface area contributed by atoms with Gasteiger partial charge in [0.1, 0.15) is 0 Å². The number of thiophene rings is 2. The maximum atomic E-state index is 6.15. The van der Waals surface area contributed by atoms with E-state index < -0.39 is 0 Å². The van der Waals surface area contributed by atoms with E-state index in [-0.39, 0.29) is 6.04 Å². The molecule has 0 fully saturated rings. The Morgan fingerprint density at radius 1 is 1.41 bits per heavy atom. The SMILES string of the molecule is CN(Cc1ccc(Cl)s1)CC(N)c1cccs1. The first-order valence-electron chi connectivity index (χ1n) is 5.37. The van der Waals surface area contributed by atoms with Gasteiger partial charge >= 0.3 is 0 Å². The van der Waals surface area contributed by atoms with Crippen LogP contribution in [-0.2, 0) is 6.54 Å². The van der Waals surface area contributed by atoms with Crippen LogP contribution in [0.3, 0.4) is 0 Å². The third kappa shape index (κ3) is 3.79. The van der Waals surface area contributed by atoms with Crippen LogP contribution in [0.1, 0.15) is 15.8 Å². The molecule has 0 amide bonds. The van der Waals surface area contributed by atoms with Crippen molar-refractivity contribution in [2.24, 2.45) is 5.73 Å². The van der Waals surface area contributed by atoms with E-state index in [4.69, 9.17) is 17.3 Å². The molecule has 0 aromatic carbocycles. The summed E-state index contributed by atoms with van der Waals surface area (Å²) in [5.41, 5.74) is 6.15. The minimum atomic E-state index is 0.0930. The summed E-state index contributed by atoms with van der Waals surface area (Å²) in [6.45, 7) is 1.76. The maximum Gasteiger partial charge on any atom is 0.0931 e. The average Bonchev–Trinajstić information content (AvgIpc) is 2.89. The first-order valence-corrected chi connectivity index (χ1v) is 7.44. The van der Waals surface area contributed by atoms with Crippen molar-refractivity contribution in [1.82, 2.24) is 4.90 Å². The Balaban J connectivity index is 1.87. The van der Waals surface area contributed by atoms with Gasteiger partial charge in [-0.2, -0.15) is 0 Å². The fourth-order valence-electron chi connectivity index (χ4n) is 1.70. The molecule has 5 heteroatoms. The maximum absolute atomic E-state index is 6.15. The Morgan fingerprint density at radius 2 is 2.24 bits per heavy atom. The van der Waals surface area contributed by atoms with Crippen LogP contribution in [0.2, 0.25) is 4.34 Å². The predicted molar refractivity (Wildman–Crippen MR) is 76.9 cm³/mol. The van der Waals surface area contributed by atoms with Gasteiger partial charge in [0.25, 0.3) is 0 Å². The molecule has 2 rings (SSSR count). The second-order valence-electron chi connectivity index (χ2n) is 4.02. The average molecular weight is 287 g/mol. The van der Waals surface area contributed by atoms with E-state index >= 15 is 0 Å². The molecule has 2 aromatic rings. The topological polar surface area (TPSA) is 29.3 Å². The zero-order valence-corrected chi connectivity index (χ0v) is 12.0. The van der Waals surface area contributed by atoms with Crippen molar-refractivity contribution in [3.05, 3.63) is 43.7 Å². The molecule has 0 saturated heterocycles. The lowest BCUT2D eigenvalue weighted by molar-refractivity contribution is 0.309. The predicted octanol–water partition coefficient (Wildman–Crippen LogP) is 3.59. The molecule has 0 bridgehead atoms. The molecule has 0 spiro atoms. The van der Waals surface area contributed by atoms with Gasteiger partial charge in [0, 0.05) is 22.8 Å². The van der Waals surface area contributed by atoms with Gasteiger partial charge in [-0.15, -0.1) is 22.7 Å². The summed E-state index contributed by atoms with van der Waals surface area (Å²) in [7, 11) is 2.08. The molecule has 92 valence electrons. The minimum Gasteiger partial charge on any atom is -0.322 e. The van der Waals surface area contributed by atoms with Crippen molar-refractivity contribution >= 4 is 34.3 Å². The molecule has 0 aliphatic carbocycles. The van der Waals surface area contributed by atoms with Crippen molar-refractivity contribution < 1.29 is 0 Å². The van der Waals surface area contributed by atoms with Crippen LogP contribution in [0.25, 0.3) is 0 Å². The number of nitrogens with two attached hydrogens (primary N) is 1. The van der Waals surface area contributed by atoms with Crippen molar-refractivity contribution in [1.29, 1.82) is 0 Å². The van der Waals surface area contributed by atoms with Gasteiger partial charge in [0.05, 0.1) is 10.4 Å². The van der Waals surface area contributed by atoms with Gasteiger partial charge in [-0.25, -0.2) is 0 Å². The van der Waals surface area contributed by atoms with E-state index in [2.05, 4.69) is 29.5 Å². The molecule has 0 radical (unpaired) electrons. The standard InChI is InChI=1S/C12H15ClN2S2/c1-15(7-9-4-5-12(13)17-9)8-10(14)11-3-2-6-16-11/h2-6,10H,7-8,14H2,1H3. The van der Waals surface area contributed by atoms with Crippen LogP contribution in [0.5, 0.6) is 0 Å². The summed E-state index contributed by atoms with van der Waals surface area (Å²) in [6.07, 6.45) is 0. The summed E-state index contributed by atoms with van der Waals surface area (Å²) in [5, 5.41) is 2.06. The monoisotopic (exact) mass is 286 g/mol. The highest BCUT2D eigenvalue weighted by molar-refractivity contribution is 7.16. The molecule has 2 N–H and O–H groups in total. The molecule has 17 heavy (non-hydrogen) atoms. The van der Waals surface area contributed by atoms with Crippen LogP contribution in [0.15, 0.2) is 29.6 Å². The van der Waals surface area contributed by atoms with E-state index in [1.807, 2.05) is 12.1 Å². The van der Waals surface area contributed by atoms with Crippen molar-refractivity contribution in [2.75, 3.05) is 13.6 Å². The molecule has 1 unspecified atom stereocenters. The third-order valence-electron chi connectivity index (χ3n) is 2.47. The summed E-state index contributed by atoms with van der Waals surface area (Å²) < 4.78 is 0.843. The van der Waals surface area contributed by atoms with Gasteiger partial charge in [0.2, 0.25) is 0 Å². The number of hydrogen-bond donors (Lipinski definition) is 1. The van der Waals surface area contributed by atoms with Crippen LogP contribution < -0.4 is 5.73 Å². The zero-order valence-electron chi connectivity index (χ0n) is 9.60. The van der Waals surface area contributed by atoms with E-state index in [9.17, 15) is 0 Å². The first-order chi connectivity index (χ1) is 8.15. The van der Waals surface area contributed by atoms with Crippen LogP contribution in [0, 0.1) is 0 Å². The van der Waals surface area contributed by atoms with E-state index in [0.29, 0.717) is 0 Å². The Bertz CT molecular complexity index is 453. The van der Waals surface area contributed by atoms with E-state index in [0.717, 1.165) is 17.4 Å². The third-order valence-corrected chi connectivity index (χ3v) is 4.69. The Kier molecular flexibility index (Phi) is 4.59. The second-order valence-corrected chi connectivity index (χ2v) is 6.80. The van der Waals surface area contributed by atoms with Gasteiger partial charge in [0.15, 0.2) is 0 Å². The normalized spacial score (nSPS) is 13.2. The smallest absolute Gasteiger partial charge is 0.0931 e. The summed E-state index contributed by atoms with van der Waals surface area (Å²) >= 11 is 9.25. The Labute approximate surface area is 115 Å². The summed E-state index contributed by atoms with van der Waals surface area (Å²) in [4.78, 5) is 4.74. The van der Waals surface area contributed by atoms with E-state index in [1.54, 1.807) is 22.7 Å². The molecule has 2 heterocycles. The molecule has 2 aromatic heterocycles. The van der Waals surface area contributed by atoms with Crippen LogP contribution in [-0.4, -0.2) is 18.5 Å². The van der Waals surface area contributed by atoms with Crippen LogP contribution >= 0.6 is 34.3 Å². The lowest BCUT2D eigenvalue weighted by atomic mass is 10.2. The Hall–Kier alpha value is -0.390. The number of hydrogen-bond acceptors (Lipinski definition) is 4. The molecule has 0 aliphatic rings. The highest BCUT2D eigenvalue weighted by Gasteiger charge is 2.11. The van der Waals surface area contributed by atoms with E-state index in [1.165, 1.54) is 9.75 Å². The zero-order chi connectivity index (χ0) is 12.3. The molecule has 0 saturated carbocycles. The first kappa shape index (κ1) is 13.1. The van der Waals surface area contributed by atoms with Gasteiger partial charge < -0.3 is 5.73 Å². The fraction of sp³-hybridized carbons (Fsp3) is 0.333. The Morgan fingerprint density at radius 3 is 2.82 bits per heavy atom. The number of nitrogens with zero attached hydrogens (tertiary/aromatic N) is 1. The van der Waals surface area contributed by atoms with Crippen molar-refractivity contribution in [2.45, 2.75) is 12.6 Å². The number of rotatable bonds is 5. The highest BCUT2D eigenvalue weighted by Crippen LogP contribution is 2.23. The largest absolute Gasteiger partial charge is 0.322 e.